The van der Waals surface area contributed by atoms with Gasteiger partial charge in [-0.3, -0.25) is 4.79 Å². The van der Waals surface area contributed by atoms with Crippen molar-refractivity contribution in [2.75, 3.05) is 5.75 Å². The number of carbonyl (C=O) groups is 1. The van der Waals surface area contributed by atoms with Crippen LogP contribution in [0.5, 0.6) is 0 Å². The van der Waals surface area contributed by atoms with Crippen LogP contribution < -0.4 is 0 Å². The molecule has 6 heteroatoms. The second kappa shape index (κ2) is 6.97. The quantitative estimate of drug-likeness (QED) is 0.783. The molecule has 5 nitrogen and oxygen atoms in total. The SMILES string of the molecule is O=C(CCSc1ccccc1)N1C2CCC1CC(n1ccnn1)C2. The van der Waals surface area contributed by atoms with E-state index in [1.54, 1.807) is 18.0 Å². The van der Waals surface area contributed by atoms with Crippen LogP contribution in [-0.2, 0) is 4.79 Å². The molecule has 1 aromatic carbocycles. The topological polar surface area (TPSA) is 51.0 Å². The number of aromatic nitrogens is 3. The molecule has 2 aliphatic rings. The summed E-state index contributed by atoms with van der Waals surface area (Å²) in [6, 6.07) is 11.5. The Bertz CT molecular complexity index is 662. The number of hydrogen-bond donors (Lipinski definition) is 0. The highest BCUT2D eigenvalue weighted by molar-refractivity contribution is 7.99. The Morgan fingerprint density at radius 2 is 1.88 bits per heavy atom. The van der Waals surface area contributed by atoms with Crippen molar-refractivity contribution in [3.63, 3.8) is 0 Å². The van der Waals surface area contributed by atoms with Crippen molar-refractivity contribution in [2.24, 2.45) is 0 Å². The molecular weight excluding hydrogens is 320 g/mol. The lowest BCUT2D eigenvalue weighted by Crippen LogP contribution is -2.47. The summed E-state index contributed by atoms with van der Waals surface area (Å²) in [5.41, 5.74) is 0. The Kier molecular flexibility index (Phi) is 4.56. The third-order valence-electron chi connectivity index (χ3n) is 5.14. The number of hydrogen-bond acceptors (Lipinski definition) is 4. The average Bonchev–Trinajstić information content (AvgIpc) is 3.22. The van der Waals surface area contributed by atoms with E-state index in [9.17, 15) is 4.79 Å². The fourth-order valence-electron chi connectivity index (χ4n) is 4.09. The lowest BCUT2D eigenvalue weighted by molar-refractivity contribution is -0.135. The highest BCUT2D eigenvalue weighted by Crippen LogP contribution is 2.40. The predicted octanol–water partition coefficient (Wildman–Crippen LogP) is 3.16. The van der Waals surface area contributed by atoms with Crippen molar-refractivity contribution < 1.29 is 4.79 Å². The summed E-state index contributed by atoms with van der Waals surface area (Å²) in [7, 11) is 0. The van der Waals surface area contributed by atoms with Crippen LogP contribution in [-0.4, -0.2) is 43.6 Å². The first-order valence-corrected chi connectivity index (χ1v) is 9.64. The first-order valence-electron chi connectivity index (χ1n) is 8.66. The molecule has 0 spiro atoms. The Hall–Kier alpha value is -1.82. The van der Waals surface area contributed by atoms with E-state index >= 15 is 0 Å². The number of nitrogens with zero attached hydrogens (tertiary/aromatic N) is 4. The van der Waals surface area contributed by atoms with Crippen LogP contribution in [0.15, 0.2) is 47.6 Å². The van der Waals surface area contributed by atoms with Gasteiger partial charge in [0.2, 0.25) is 5.91 Å². The van der Waals surface area contributed by atoms with Crippen LogP contribution in [0.3, 0.4) is 0 Å². The fourth-order valence-corrected chi connectivity index (χ4v) is 4.95. The van der Waals surface area contributed by atoms with E-state index in [2.05, 4.69) is 27.3 Å². The van der Waals surface area contributed by atoms with Gasteiger partial charge in [-0.2, -0.15) is 0 Å². The Morgan fingerprint density at radius 1 is 1.12 bits per heavy atom. The molecule has 2 saturated heterocycles. The minimum absolute atomic E-state index is 0.322. The first kappa shape index (κ1) is 15.7. The van der Waals surface area contributed by atoms with E-state index in [0.29, 0.717) is 30.5 Å². The second-order valence-electron chi connectivity index (χ2n) is 6.61. The zero-order valence-electron chi connectivity index (χ0n) is 13.6. The standard InChI is InChI=1S/C18H22N4OS/c23-18(8-11-24-17-4-2-1-3-5-17)22-14-6-7-15(22)13-16(12-14)21-10-9-19-20-21/h1-5,9-10,14-16H,6-8,11-13H2. The van der Waals surface area contributed by atoms with E-state index in [4.69, 9.17) is 0 Å². The van der Waals surface area contributed by atoms with Gasteiger partial charge in [-0.25, -0.2) is 4.68 Å². The first-order chi connectivity index (χ1) is 11.8. The molecule has 2 fully saturated rings. The molecule has 2 atom stereocenters. The summed E-state index contributed by atoms with van der Waals surface area (Å²) in [5, 5.41) is 8.07. The fraction of sp³-hybridized carbons (Fsp3) is 0.500. The summed E-state index contributed by atoms with van der Waals surface area (Å²) in [4.78, 5) is 16.1. The maximum absolute atomic E-state index is 12.7. The molecule has 3 heterocycles. The van der Waals surface area contributed by atoms with E-state index in [1.807, 2.05) is 29.1 Å². The van der Waals surface area contributed by atoms with Crippen molar-refractivity contribution in [3.8, 4) is 0 Å². The molecule has 1 aromatic heterocycles. The zero-order chi connectivity index (χ0) is 16.4. The van der Waals surface area contributed by atoms with Gasteiger partial charge in [-0.15, -0.1) is 16.9 Å². The van der Waals surface area contributed by atoms with Crippen molar-refractivity contribution in [1.29, 1.82) is 0 Å². The average molecular weight is 342 g/mol. The summed E-state index contributed by atoms with van der Waals surface area (Å²) in [6.07, 6.45) is 8.59. The highest BCUT2D eigenvalue weighted by Gasteiger charge is 2.43. The summed E-state index contributed by atoms with van der Waals surface area (Å²) >= 11 is 1.76. The van der Waals surface area contributed by atoms with Crippen molar-refractivity contribution in [2.45, 2.75) is 55.1 Å². The van der Waals surface area contributed by atoms with Gasteiger partial charge >= 0.3 is 0 Å². The number of fused-ring (bicyclic) bond motifs is 2. The van der Waals surface area contributed by atoms with Crippen molar-refractivity contribution in [3.05, 3.63) is 42.7 Å². The maximum Gasteiger partial charge on any atom is 0.223 e. The number of rotatable bonds is 5. The molecule has 2 aliphatic heterocycles. The highest BCUT2D eigenvalue weighted by atomic mass is 32.2. The van der Waals surface area contributed by atoms with Gasteiger partial charge in [-0.05, 0) is 37.8 Å². The van der Waals surface area contributed by atoms with Crippen LogP contribution in [0, 0.1) is 0 Å². The van der Waals surface area contributed by atoms with E-state index in [-0.39, 0.29) is 0 Å². The molecule has 2 unspecified atom stereocenters. The number of piperidine rings is 1. The number of carbonyl (C=O) groups excluding carboxylic acids is 1. The van der Waals surface area contributed by atoms with Crippen LogP contribution in [0.2, 0.25) is 0 Å². The van der Waals surface area contributed by atoms with E-state index < -0.39 is 0 Å². The molecule has 2 aromatic rings. The van der Waals surface area contributed by atoms with Gasteiger partial charge in [0.25, 0.3) is 0 Å². The number of benzene rings is 1. The van der Waals surface area contributed by atoms with Crippen LogP contribution >= 0.6 is 11.8 Å². The summed E-state index contributed by atoms with van der Waals surface area (Å²) in [5.74, 6) is 1.17. The maximum atomic E-state index is 12.7. The monoisotopic (exact) mass is 342 g/mol. The van der Waals surface area contributed by atoms with E-state index in [1.165, 1.54) is 4.90 Å². The van der Waals surface area contributed by atoms with Crippen LogP contribution in [0.25, 0.3) is 0 Å². The minimum atomic E-state index is 0.322. The van der Waals surface area contributed by atoms with Gasteiger partial charge in [0.1, 0.15) is 0 Å². The Morgan fingerprint density at radius 3 is 2.54 bits per heavy atom. The number of amides is 1. The molecule has 126 valence electrons. The summed E-state index contributed by atoms with van der Waals surface area (Å²) in [6.45, 7) is 0. The Balaban J connectivity index is 1.33. The lowest BCUT2D eigenvalue weighted by Gasteiger charge is -2.39. The normalized spacial score (nSPS) is 25.8. The number of thioether (sulfide) groups is 1. The smallest absolute Gasteiger partial charge is 0.223 e. The molecule has 0 saturated carbocycles. The second-order valence-corrected chi connectivity index (χ2v) is 7.77. The molecule has 0 aliphatic carbocycles. The van der Waals surface area contributed by atoms with Crippen molar-refractivity contribution >= 4 is 17.7 Å². The van der Waals surface area contributed by atoms with Gasteiger partial charge in [0, 0.05) is 35.3 Å². The molecule has 4 rings (SSSR count). The van der Waals surface area contributed by atoms with Crippen LogP contribution in [0.1, 0.15) is 38.1 Å². The molecule has 0 radical (unpaired) electrons. The molecule has 24 heavy (non-hydrogen) atoms. The summed E-state index contributed by atoms with van der Waals surface area (Å²) < 4.78 is 1.97. The Labute approximate surface area is 146 Å². The molecule has 2 bridgehead atoms. The minimum Gasteiger partial charge on any atom is -0.337 e. The lowest BCUT2D eigenvalue weighted by atomic mass is 9.97. The largest absolute Gasteiger partial charge is 0.337 e. The van der Waals surface area contributed by atoms with Crippen LogP contribution in [0.4, 0.5) is 0 Å². The zero-order valence-corrected chi connectivity index (χ0v) is 14.4. The third kappa shape index (κ3) is 3.20. The molecular formula is C18H22N4OS. The molecule has 1 amide bonds. The van der Waals surface area contributed by atoms with Gasteiger partial charge in [-0.1, -0.05) is 23.4 Å². The molecule has 0 N–H and O–H groups in total. The predicted molar refractivity (Wildman–Crippen MR) is 93.7 cm³/mol. The van der Waals surface area contributed by atoms with Gasteiger partial charge in [0.05, 0.1) is 12.2 Å². The van der Waals surface area contributed by atoms with E-state index in [0.717, 1.165) is 31.4 Å². The van der Waals surface area contributed by atoms with Gasteiger partial charge < -0.3 is 4.90 Å². The van der Waals surface area contributed by atoms with Gasteiger partial charge in [0.15, 0.2) is 0 Å². The van der Waals surface area contributed by atoms with Crippen molar-refractivity contribution in [1.82, 2.24) is 19.9 Å². The third-order valence-corrected chi connectivity index (χ3v) is 6.15.